The van der Waals surface area contributed by atoms with Gasteiger partial charge in [0, 0.05) is 29.7 Å². The van der Waals surface area contributed by atoms with Gasteiger partial charge in [0.2, 0.25) is 11.8 Å². The Morgan fingerprint density at radius 2 is 1.55 bits per heavy atom. The lowest BCUT2D eigenvalue weighted by atomic mass is 9.99. The molecular formula is C22H33BrN2O4. The maximum absolute atomic E-state index is 13.2. The first-order chi connectivity index (χ1) is 13.9. The van der Waals surface area contributed by atoms with Crippen LogP contribution in [-0.2, 0) is 14.4 Å². The molecule has 7 heteroatoms. The van der Waals surface area contributed by atoms with Crippen LogP contribution in [0.5, 0.6) is 0 Å². The van der Waals surface area contributed by atoms with Gasteiger partial charge in [-0.1, -0.05) is 55.5 Å². The minimum Gasteiger partial charge on any atom is -0.481 e. The van der Waals surface area contributed by atoms with E-state index in [9.17, 15) is 14.4 Å². The molecule has 2 amide bonds. The molecule has 0 saturated heterocycles. The zero-order chi connectivity index (χ0) is 21.6. The van der Waals surface area contributed by atoms with Gasteiger partial charge in [0.15, 0.2) is 0 Å². The molecule has 6 nitrogen and oxygen atoms in total. The van der Waals surface area contributed by atoms with Crippen molar-refractivity contribution in [2.24, 2.45) is 5.92 Å². The lowest BCUT2D eigenvalue weighted by Gasteiger charge is -2.27. The van der Waals surface area contributed by atoms with Crippen LogP contribution < -0.4 is 5.32 Å². The van der Waals surface area contributed by atoms with E-state index in [-0.39, 0.29) is 18.7 Å². The van der Waals surface area contributed by atoms with Crippen LogP contribution in [0.25, 0.3) is 0 Å². The highest BCUT2D eigenvalue weighted by atomic mass is 79.9. The molecule has 1 rings (SSSR count). The molecule has 0 aliphatic rings. The predicted octanol–water partition coefficient (Wildman–Crippen LogP) is 5.08. The second-order valence-electron chi connectivity index (χ2n) is 7.22. The van der Waals surface area contributed by atoms with Gasteiger partial charge in [-0.25, -0.2) is 0 Å². The highest BCUT2D eigenvalue weighted by Crippen LogP contribution is 2.19. The van der Waals surface area contributed by atoms with Crippen LogP contribution in [0, 0.1) is 5.92 Å². The number of carbonyl (C=O) groups excluding carboxylic acids is 2. The molecule has 0 saturated carbocycles. The molecule has 2 N–H and O–H groups in total. The van der Waals surface area contributed by atoms with Crippen LogP contribution in [-0.4, -0.2) is 40.9 Å². The molecule has 0 spiro atoms. The lowest BCUT2D eigenvalue weighted by Crippen LogP contribution is -2.42. The number of rotatable bonds is 14. The second kappa shape index (κ2) is 14.1. The van der Waals surface area contributed by atoms with Crippen molar-refractivity contribution < 1.29 is 19.5 Å². The Hall–Kier alpha value is -1.89. The molecule has 0 aromatic heterocycles. The van der Waals surface area contributed by atoms with Gasteiger partial charge in [-0.3, -0.25) is 14.4 Å². The number of hydrogen-bond donors (Lipinski definition) is 2. The monoisotopic (exact) mass is 468 g/mol. The fourth-order valence-corrected chi connectivity index (χ4v) is 3.32. The van der Waals surface area contributed by atoms with Crippen LogP contribution in [0.4, 0.5) is 5.69 Å². The van der Waals surface area contributed by atoms with E-state index in [0.717, 1.165) is 43.0 Å². The van der Waals surface area contributed by atoms with Crippen molar-refractivity contribution in [1.29, 1.82) is 0 Å². The van der Waals surface area contributed by atoms with Gasteiger partial charge >= 0.3 is 5.97 Å². The van der Waals surface area contributed by atoms with Gasteiger partial charge in [-0.15, -0.1) is 0 Å². The van der Waals surface area contributed by atoms with Crippen molar-refractivity contribution >= 4 is 39.4 Å². The van der Waals surface area contributed by atoms with Gasteiger partial charge in [0.1, 0.15) is 5.92 Å². The number of unbranched alkanes of at least 4 members (excludes halogenated alkanes) is 4. The van der Waals surface area contributed by atoms with E-state index >= 15 is 0 Å². The number of nitrogens with zero attached hydrogens (tertiary/aromatic N) is 1. The summed E-state index contributed by atoms with van der Waals surface area (Å²) in [4.78, 5) is 38.9. The number of anilines is 1. The highest BCUT2D eigenvalue weighted by Gasteiger charge is 2.31. The summed E-state index contributed by atoms with van der Waals surface area (Å²) in [6.07, 6.45) is 5.66. The lowest BCUT2D eigenvalue weighted by molar-refractivity contribution is -0.142. The molecule has 0 radical (unpaired) electrons. The molecule has 1 aromatic rings. The van der Waals surface area contributed by atoms with Crippen LogP contribution in [0.1, 0.15) is 65.2 Å². The Balaban J connectivity index is 2.92. The minimum absolute atomic E-state index is 0.00537. The quantitative estimate of drug-likeness (QED) is 0.294. The molecule has 162 valence electrons. The van der Waals surface area contributed by atoms with Crippen molar-refractivity contribution in [2.75, 3.05) is 18.4 Å². The summed E-state index contributed by atoms with van der Waals surface area (Å²) in [7, 11) is 0. The molecule has 0 fully saturated rings. The summed E-state index contributed by atoms with van der Waals surface area (Å²) in [5.74, 6) is -2.73. The predicted molar refractivity (Wildman–Crippen MR) is 119 cm³/mol. The number of benzene rings is 1. The fraction of sp³-hybridized carbons (Fsp3) is 0.591. The number of amides is 2. The van der Waals surface area contributed by atoms with Crippen molar-refractivity contribution in [2.45, 2.75) is 65.2 Å². The number of carbonyl (C=O) groups is 3. The van der Waals surface area contributed by atoms with Crippen molar-refractivity contribution in [3.63, 3.8) is 0 Å². The van der Waals surface area contributed by atoms with Gasteiger partial charge in [0.25, 0.3) is 0 Å². The first-order valence-corrected chi connectivity index (χ1v) is 11.2. The normalized spacial score (nSPS) is 11.7. The Labute approximate surface area is 182 Å². The minimum atomic E-state index is -1.01. The SMILES string of the molecule is CCCCCN(CCCCC)C(=O)C(CCC(=O)O)C(=O)Nc1ccc(Br)cc1. The Bertz CT molecular complexity index is 639. The maximum atomic E-state index is 13.2. The zero-order valence-corrected chi connectivity index (χ0v) is 19.0. The average molecular weight is 469 g/mol. The third kappa shape index (κ3) is 9.92. The van der Waals surface area contributed by atoms with E-state index < -0.39 is 17.8 Å². The van der Waals surface area contributed by atoms with Gasteiger partial charge in [0.05, 0.1) is 0 Å². The molecule has 1 atom stereocenters. The standard InChI is InChI=1S/C22H33BrN2O4/c1-3-5-7-15-25(16-8-6-4-2)22(29)19(13-14-20(26)27)21(28)24-18-11-9-17(23)10-12-18/h9-12,19H,3-8,13-16H2,1-2H3,(H,24,28)(H,26,27). The molecule has 0 bridgehead atoms. The van der Waals surface area contributed by atoms with E-state index in [4.69, 9.17) is 5.11 Å². The highest BCUT2D eigenvalue weighted by molar-refractivity contribution is 9.10. The summed E-state index contributed by atoms with van der Waals surface area (Å²) in [5.41, 5.74) is 0.579. The Morgan fingerprint density at radius 3 is 2.03 bits per heavy atom. The summed E-state index contributed by atoms with van der Waals surface area (Å²) in [6.45, 7) is 5.41. The number of nitrogens with one attached hydrogen (secondary N) is 1. The molecule has 29 heavy (non-hydrogen) atoms. The first-order valence-electron chi connectivity index (χ1n) is 10.5. The van der Waals surface area contributed by atoms with Crippen molar-refractivity contribution in [3.05, 3.63) is 28.7 Å². The molecule has 1 aromatic carbocycles. The first kappa shape index (κ1) is 25.1. The van der Waals surface area contributed by atoms with E-state index in [0.29, 0.717) is 18.8 Å². The van der Waals surface area contributed by atoms with E-state index in [1.807, 2.05) is 0 Å². The van der Waals surface area contributed by atoms with E-state index in [2.05, 4.69) is 35.1 Å². The van der Waals surface area contributed by atoms with Crippen LogP contribution in [0.15, 0.2) is 28.7 Å². The molecular weight excluding hydrogens is 436 g/mol. The number of halogens is 1. The third-order valence-corrected chi connectivity index (χ3v) is 5.28. The third-order valence-electron chi connectivity index (χ3n) is 4.75. The smallest absolute Gasteiger partial charge is 0.303 e. The number of aliphatic carboxylic acids is 1. The fourth-order valence-electron chi connectivity index (χ4n) is 3.06. The second-order valence-corrected chi connectivity index (χ2v) is 8.14. The largest absolute Gasteiger partial charge is 0.481 e. The Morgan fingerprint density at radius 1 is 1.00 bits per heavy atom. The van der Waals surface area contributed by atoms with Crippen LogP contribution in [0.3, 0.4) is 0 Å². The van der Waals surface area contributed by atoms with Gasteiger partial charge in [-0.2, -0.15) is 0 Å². The van der Waals surface area contributed by atoms with E-state index in [1.165, 1.54) is 0 Å². The van der Waals surface area contributed by atoms with Crippen LogP contribution >= 0.6 is 15.9 Å². The zero-order valence-electron chi connectivity index (χ0n) is 17.5. The average Bonchev–Trinajstić information content (AvgIpc) is 2.68. The topological polar surface area (TPSA) is 86.7 Å². The van der Waals surface area contributed by atoms with Gasteiger partial charge in [-0.05, 0) is 43.5 Å². The Kier molecular flexibility index (Phi) is 12.3. The van der Waals surface area contributed by atoms with Gasteiger partial charge < -0.3 is 15.3 Å². The molecule has 1 unspecified atom stereocenters. The van der Waals surface area contributed by atoms with Crippen molar-refractivity contribution in [1.82, 2.24) is 4.90 Å². The van der Waals surface area contributed by atoms with Crippen molar-refractivity contribution in [3.8, 4) is 0 Å². The summed E-state index contributed by atoms with van der Waals surface area (Å²) in [5, 5.41) is 11.8. The molecule has 0 aliphatic carbocycles. The summed E-state index contributed by atoms with van der Waals surface area (Å²) < 4.78 is 0.882. The number of carboxylic acid groups (broad SMARTS) is 1. The molecule has 0 heterocycles. The summed E-state index contributed by atoms with van der Waals surface area (Å²) >= 11 is 3.34. The molecule has 0 aliphatic heterocycles. The van der Waals surface area contributed by atoms with E-state index in [1.54, 1.807) is 29.2 Å². The maximum Gasteiger partial charge on any atom is 0.303 e. The summed E-state index contributed by atoms with van der Waals surface area (Å²) in [6, 6.07) is 7.07. The van der Waals surface area contributed by atoms with Crippen LogP contribution in [0.2, 0.25) is 0 Å². The number of hydrogen-bond acceptors (Lipinski definition) is 3. The number of carboxylic acids is 1.